The molecule has 9 nitrogen and oxygen atoms in total. The van der Waals surface area contributed by atoms with Crippen LogP contribution < -0.4 is 0 Å². The van der Waals surface area contributed by atoms with Crippen LogP contribution in [0.5, 0.6) is 0 Å². The number of benzene rings is 1. The molecule has 3 N–H and O–H groups in total. The Kier molecular flexibility index (Phi) is 5.61. The summed E-state index contributed by atoms with van der Waals surface area (Å²) in [6, 6.07) is 1.15. The van der Waals surface area contributed by atoms with Crippen molar-refractivity contribution >= 4 is 30.4 Å². The van der Waals surface area contributed by atoms with Gasteiger partial charge in [-0.25, -0.2) is 0 Å². The highest BCUT2D eigenvalue weighted by atomic mass is 32.2. The third kappa shape index (κ3) is 6.53. The van der Waals surface area contributed by atoms with Crippen molar-refractivity contribution in [2.45, 2.75) is 31.1 Å². The van der Waals surface area contributed by atoms with E-state index in [0.29, 0.717) is 0 Å². The smallest absolute Gasteiger partial charge is 0.269 e. The molecular weight excluding hydrogens is 372 g/mol. The van der Waals surface area contributed by atoms with Gasteiger partial charge in [0.2, 0.25) is 0 Å². The molecule has 0 aromatic heterocycles. The van der Waals surface area contributed by atoms with Crippen LogP contribution in [-0.4, -0.2) is 38.9 Å². The number of hydrogen-bond acceptors (Lipinski definition) is 6. The predicted molar refractivity (Wildman–Crippen MR) is 81.7 cm³/mol. The first kappa shape index (κ1) is 20.0. The Balaban J connectivity index is 3.66. The van der Waals surface area contributed by atoms with E-state index < -0.39 is 47.6 Å². The van der Waals surface area contributed by atoms with Crippen molar-refractivity contribution in [3.8, 4) is 0 Å². The van der Waals surface area contributed by atoms with Crippen LogP contribution in [0.1, 0.15) is 27.8 Å². The van der Waals surface area contributed by atoms with E-state index in [0.717, 1.165) is 6.07 Å². The zero-order valence-corrected chi connectivity index (χ0v) is 14.7. The van der Waals surface area contributed by atoms with Gasteiger partial charge in [-0.05, 0) is 41.7 Å². The van der Waals surface area contributed by atoms with E-state index in [1.54, 1.807) is 0 Å². The standard InChI is InChI=1S/C11H16O9S3/c1-7-9(4-21(12,13)14)3-10(5-22(15,16)17)8(2)11(7)6-23(18,19)20/h3H,4-6H2,1-2H3,(H,12,13,14)(H,15,16,17)(H,18,19,20). The summed E-state index contributed by atoms with van der Waals surface area (Å²) < 4.78 is 93.3. The largest absolute Gasteiger partial charge is 0.285 e. The highest BCUT2D eigenvalue weighted by Gasteiger charge is 2.21. The van der Waals surface area contributed by atoms with E-state index >= 15 is 0 Å². The molecule has 0 fully saturated rings. The van der Waals surface area contributed by atoms with Crippen molar-refractivity contribution in [3.63, 3.8) is 0 Å². The molecule has 0 amide bonds. The molecule has 0 aliphatic heterocycles. The van der Waals surface area contributed by atoms with Gasteiger partial charge in [-0.2, -0.15) is 25.3 Å². The highest BCUT2D eigenvalue weighted by Crippen LogP contribution is 2.27. The molecule has 0 spiro atoms. The van der Waals surface area contributed by atoms with Crippen LogP contribution in [-0.2, 0) is 47.6 Å². The Morgan fingerprint density at radius 1 is 0.696 bits per heavy atom. The van der Waals surface area contributed by atoms with Gasteiger partial charge in [-0.15, -0.1) is 0 Å². The Morgan fingerprint density at radius 2 is 1.00 bits per heavy atom. The lowest BCUT2D eigenvalue weighted by Gasteiger charge is -2.17. The van der Waals surface area contributed by atoms with Crippen molar-refractivity contribution in [3.05, 3.63) is 33.9 Å². The summed E-state index contributed by atoms with van der Waals surface area (Å²) in [7, 11) is -13.4. The zero-order valence-electron chi connectivity index (χ0n) is 12.2. The van der Waals surface area contributed by atoms with Crippen molar-refractivity contribution in [1.82, 2.24) is 0 Å². The van der Waals surface area contributed by atoms with E-state index in [4.69, 9.17) is 13.7 Å². The summed E-state index contributed by atoms with van der Waals surface area (Å²) in [6.07, 6.45) is 0. The van der Waals surface area contributed by atoms with Gasteiger partial charge < -0.3 is 0 Å². The van der Waals surface area contributed by atoms with Crippen LogP contribution in [0.25, 0.3) is 0 Å². The molecule has 0 saturated carbocycles. The third-order valence-corrected chi connectivity index (χ3v) is 5.22. The van der Waals surface area contributed by atoms with Crippen LogP contribution in [0.15, 0.2) is 6.07 Å². The molecule has 23 heavy (non-hydrogen) atoms. The van der Waals surface area contributed by atoms with E-state index in [-0.39, 0.29) is 27.8 Å². The monoisotopic (exact) mass is 388 g/mol. The van der Waals surface area contributed by atoms with Gasteiger partial charge in [0.05, 0.1) is 0 Å². The topological polar surface area (TPSA) is 163 Å². The maximum atomic E-state index is 11.1. The van der Waals surface area contributed by atoms with Gasteiger partial charge in [0.1, 0.15) is 17.3 Å². The van der Waals surface area contributed by atoms with Gasteiger partial charge in [0.15, 0.2) is 0 Å². The summed E-state index contributed by atoms with van der Waals surface area (Å²) in [5.41, 5.74) is 0.298. The van der Waals surface area contributed by atoms with Crippen LogP contribution in [0.2, 0.25) is 0 Å². The van der Waals surface area contributed by atoms with Gasteiger partial charge >= 0.3 is 0 Å². The lowest BCUT2D eigenvalue weighted by molar-refractivity contribution is 0.480. The minimum atomic E-state index is -4.47. The SMILES string of the molecule is Cc1c(CS(=O)(=O)O)cc(CS(=O)(=O)O)c(C)c1CS(=O)(=O)O. The van der Waals surface area contributed by atoms with E-state index in [1.165, 1.54) is 13.8 Å². The molecule has 0 saturated heterocycles. The Bertz CT molecular complexity index is 867. The van der Waals surface area contributed by atoms with E-state index in [2.05, 4.69) is 0 Å². The molecule has 1 aromatic rings. The van der Waals surface area contributed by atoms with Crippen LogP contribution in [0.3, 0.4) is 0 Å². The Labute approximate surface area is 134 Å². The quantitative estimate of drug-likeness (QED) is 0.587. The Morgan fingerprint density at radius 3 is 1.26 bits per heavy atom. The van der Waals surface area contributed by atoms with Gasteiger partial charge in [0, 0.05) is 0 Å². The highest BCUT2D eigenvalue weighted by molar-refractivity contribution is 7.85. The fraction of sp³-hybridized carbons (Fsp3) is 0.455. The molecule has 1 aromatic carbocycles. The molecular formula is C11H16O9S3. The maximum Gasteiger partial charge on any atom is 0.269 e. The molecule has 132 valence electrons. The van der Waals surface area contributed by atoms with Gasteiger partial charge in [0.25, 0.3) is 30.4 Å². The second kappa shape index (κ2) is 6.45. The van der Waals surface area contributed by atoms with E-state index in [1.807, 2.05) is 0 Å². The second-order valence-electron chi connectivity index (χ2n) is 5.10. The van der Waals surface area contributed by atoms with Crippen LogP contribution in [0, 0.1) is 13.8 Å². The molecule has 0 atom stereocenters. The van der Waals surface area contributed by atoms with Crippen molar-refractivity contribution in [2.24, 2.45) is 0 Å². The average Bonchev–Trinajstić information content (AvgIpc) is 2.26. The molecule has 1 rings (SSSR count). The fourth-order valence-corrected chi connectivity index (χ4v) is 4.37. The summed E-state index contributed by atoms with van der Waals surface area (Å²) in [5.74, 6) is -2.59. The van der Waals surface area contributed by atoms with Crippen molar-refractivity contribution in [2.75, 3.05) is 0 Å². The summed E-state index contributed by atoms with van der Waals surface area (Å²) in [4.78, 5) is 0. The van der Waals surface area contributed by atoms with Crippen LogP contribution in [0.4, 0.5) is 0 Å². The summed E-state index contributed by atoms with van der Waals surface area (Å²) in [6.45, 7) is 2.76. The average molecular weight is 388 g/mol. The summed E-state index contributed by atoms with van der Waals surface area (Å²) in [5, 5.41) is 0. The predicted octanol–water partition coefficient (Wildman–Crippen LogP) is 0.467. The van der Waals surface area contributed by atoms with Gasteiger partial charge in [-0.3, -0.25) is 13.7 Å². The Hall–Kier alpha value is -1.05. The lowest BCUT2D eigenvalue weighted by Crippen LogP contribution is -2.13. The first-order valence-corrected chi connectivity index (χ1v) is 10.9. The minimum Gasteiger partial charge on any atom is -0.285 e. The third-order valence-electron chi connectivity index (χ3n) is 3.22. The maximum absolute atomic E-state index is 11.1. The first-order chi connectivity index (χ1) is 10.1. The summed E-state index contributed by atoms with van der Waals surface area (Å²) >= 11 is 0. The molecule has 0 radical (unpaired) electrons. The molecule has 0 heterocycles. The number of hydrogen-bond donors (Lipinski definition) is 3. The first-order valence-electron chi connectivity index (χ1n) is 6.05. The normalized spacial score (nSPS) is 13.3. The molecule has 12 heteroatoms. The molecule has 0 aliphatic carbocycles. The lowest BCUT2D eigenvalue weighted by atomic mass is 9.95. The minimum absolute atomic E-state index is 0.00676. The van der Waals surface area contributed by atoms with Crippen molar-refractivity contribution in [1.29, 1.82) is 0 Å². The van der Waals surface area contributed by atoms with E-state index in [9.17, 15) is 25.3 Å². The second-order valence-corrected chi connectivity index (χ2v) is 9.46. The molecule has 0 aliphatic rings. The van der Waals surface area contributed by atoms with Crippen molar-refractivity contribution < 1.29 is 38.9 Å². The molecule has 0 unspecified atom stereocenters. The number of rotatable bonds is 6. The fourth-order valence-electron chi connectivity index (χ4n) is 2.19. The molecule has 0 bridgehead atoms. The zero-order chi connectivity index (χ0) is 18.2. The van der Waals surface area contributed by atoms with Gasteiger partial charge in [-0.1, -0.05) is 6.07 Å². The van der Waals surface area contributed by atoms with Crippen LogP contribution >= 0.6 is 0 Å².